The molecule has 0 aliphatic carbocycles. The number of rotatable bonds is 7. The Kier molecular flexibility index (Phi) is 6.84. The van der Waals surface area contributed by atoms with E-state index in [-0.39, 0.29) is 27.9 Å². The number of carbonyl (C=O) groups excluding carboxylic acids is 1. The fourth-order valence-electron chi connectivity index (χ4n) is 3.33. The number of hydrogen-bond acceptors (Lipinski definition) is 7. The van der Waals surface area contributed by atoms with Crippen molar-refractivity contribution in [2.45, 2.75) is 6.18 Å². The van der Waals surface area contributed by atoms with Gasteiger partial charge in [0.15, 0.2) is 17.8 Å². The molecule has 3 N–H and O–H groups in total. The molecule has 182 valence electrons. The summed E-state index contributed by atoms with van der Waals surface area (Å²) in [5.74, 6) is 0.220. The van der Waals surface area contributed by atoms with Gasteiger partial charge in [0.05, 0.1) is 39.9 Å². The van der Waals surface area contributed by atoms with Crippen molar-refractivity contribution in [1.82, 2.24) is 19.7 Å². The van der Waals surface area contributed by atoms with Gasteiger partial charge in [-0.2, -0.15) is 18.3 Å². The van der Waals surface area contributed by atoms with E-state index in [4.69, 9.17) is 17.3 Å². The molecule has 3 aromatic heterocycles. The van der Waals surface area contributed by atoms with Gasteiger partial charge in [-0.15, -0.1) is 0 Å². The maximum atomic E-state index is 14.1. The molecule has 0 spiro atoms. The number of allylic oxidation sites excluding steroid dienone is 1. The lowest BCUT2D eigenvalue weighted by atomic mass is 10.1. The van der Waals surface area contributed by atoms with Gasteiger partial charge in [-0.1, -0.05) is 24.2 Å². The number of aliphatic imine (C=N–C) groups is 1. The summed E-state index contributed by atoms with van der Waals surface area (Å²) in [6.45, 7) is 3.70. The maximum absolute atomic E-state index is 14.1. The molecule has 0 saturated heterocycles. The quantitative estimate of drug-likeness (QED) is 0.196. The average Bonchev–Trinajstić information content (AvgIpc) is 3.32. The third-order valence-corrected chi connectivity index (χ3v) is 5.22. The number of halogens is 4. The van der Waals surface area contributed by atoms with E-state index in [0.29, 0.717) is 22.8 Å². The van der Waals surface area contributed by atoms with Crippen LogP contribution in [-0.2, 0) is 0 Å². The van der Waals surface area contributed by atoms with Gasteiger partial charge in [-0.3, -0.25) is 9.78 Å². The standard InChI is InChI=1S/C24H17ClF3N7O/c1-14(33-16-8-19(25)23(31-11-16)35-12-15(13-36)10-32-35)18(9-29)22(24(26,27)28)34-21-6-2-5-20-17(21)4-3-7-30-20/h2-13,33H,1,29H2. The fraction of sp³-hybridized carbons (Fsp3) is 0.0417. The summed E-state index contributed by atoms with van der Waals surface area (Å²) >= 11 is 6.28. The van der Waals surface area contributed by atoms with E-state index >= 15 is 0 Å². The van der Waals surface area contributed by atoms with E-state index in [2.05, 4.69) is 32.0 Å². The molecule has 0 amide bonds. The number of nitrogens with two attached hydrogens (primary N) is 1. The van der Waals surface area contributed by atoms with Crippen LogP contribution in [0.5, 0.6) is 0 Å². The molecule has 0 unspecified atom stereocenters. The lowest BCUT2D eigenvalue weighted by Gasteiger charge is -2.18. The minimum atomic E-state index is -4.85. The van der Waals surface area contributed by atoms with Crippen LogP contribution in [0.1, 0.15) is 10.4 Å². The van der Waals surface area contributed by atoms with Gasteiger partial charge in [0.1, 0.15) is 0 Å². The highest BCUT2D eigenvalue weighted by Gasteiger charge is 2.39. The molecule has 0 bridgehead atoms. The summed E-state index contributed by atoms with van der Waals surface area (Å²) in [4.78, 5) is 23.1. The number of anilines is 1. The van der Waals surface area contributed by atoms with Crippen LogP contribution in [0.3, 0.4) is 0 Å². The van der Waals surface area contributed by atoms with Crippen LogP contribution < -0.4 is 11.1 Å². The van der Waals surface area contributed by atoms with Crippen molar-refractivity contribution < 1.29 is 18.0 Å². The van der Waals surface area contributed by atoms with Crippen molar-refractivity contribution in [1.29, 1.82) is 0 Å². The molecule has 4 rings (SSSR count). The molecule has 0 saturated carbocycles. The van der Waals surface area contributed by atoms with E-state index in [9.17, 15) is 18.0 Å². The zero-order chi connectivity index (χ0) is 25.9. The smallest absolute Gasteiger partial charge is 0.404 e. The Balaban J connectivity index is 1.66. The monoisotopic (exact) mass is 511 g/mol. The first-order valence-corrected chi connectivity index (χ1v) is 10.6. The molecule has 3 heterocycles. The Morgan fingerprint density at radius 3 is 2.67 bits per heavy atom. The first kappa shape index (κ1) is 24.6. The van der Waals surface area contributed by atoms with Crippen molar-refractivity contribution >= 4 is 45.9 Å². The van der Waals surface area contributed by atoms with E-state index in [1.54, 1.807) is 24.3 Å². The van der Waals surface area contributed by atoms with Crippen molar-refractivity contribution in [3.63, 3.8) is 0 Å². The largest absolute Gasteiger partial charge is 0.434 e. The predicted octanol–water partition coefficient (Wildman–Crippen LogP) is 5.38. The summed E-state index contributed by atoms with van der Waals surface area (Å²) in [6.07, 6.45) is 2.17. The van der Waals surface area contributed by atoms with Gasteiger partial charge < -0.3 is 11.1 Å². The molecule has 8 nitrogen and oxygen atoms in total. The second kappa shape index (κ2) is 10.0. The highest BCUT2D eigenvalue weighted by Crippen LogP contribution is 2.32. The third kappa shape index (κ3) is 5.10. The first-order valence-electron chi connectivity index (χ1n) is 10.2. The Labute approximate surface area is 207 Å². The van der Waals surface area contributed by atoms with Crippen LogP contribution in [-0.4, -0.2) is 37.9 Å². The number of benzene rings is 1. The van der Waals surface area contributed by atoms with Gasteiger partial charge in [-0.05, 0) is 30.3 Å². The second-order valence-electron chi connectivity index (χ2n) is 7.35. The summed E-state index contributed by atoms with van der Waals surface area (Å²) in [5.41, 5.74) is 4.84. The van der Waals surface area contributed by atoms with Crippen molar-refractivity contribution in [2.75, 3.05) is 5.32 Å². The van der Waals surface area contributed by atoms with E-state index in [1.807, 2.05) is 0 Å². The van der Waals surface area contributed by atoms with Gasteiger partial charge in [0.25, 0.3) is 0 Å². The number of aromatic nitrogens is 4. The number of carbonyl (C=O) groups is 1. The number of nitrogens with zero attached hydrogens (tertiary/aromatic N) is 5. The molecule has 0 aliphatic rings. The van der Waals surface area contributed by atoms with E-state index < -0.39 is 17.5 Å². The molecule has 0 aliphatic heterocycles. The number of fused-ring (bicyclic) bond motifs is 1. The van der Waals surface area contributed by atoms with E-state index in [1.165, 1.54) is 41.6 Å². The highest BCUT2D eigenvalue weighted by atomic mass is 35.5. The van der Waals surface area contributed by atoms with Gasteiger partial charge in [0.2, 0.25) is 0 Å². The second-order valence-corrected chi connectivity index (χ2v) is 7.76. The average molecular weight is 512 g/mol. The Morgan fingerprint density at radius 2 is 2.00 bits per heavy atom. The Hall–Kier alpha value is -4.51. The lowest BCUT2D eigenvalue weighted by Crippen LogP contribution is -2.27. The summed E-state index contributed by atoms with van der Waals surface area (Å²) in [6, 6.07) is 9.35. The highest BCUT2D eigenvalue weighted by molar-refractivity contribution is 6.32. The minimum absolute atomic E-state index is 0.0723. The Bertz CT molecular complexity index is 1520. The van der Waals surface area contributed by atoms with Gasteiger partial charge in [-0.25, -0.2) is 14.7 Å². The topological polar surface area (TPSA) is 111 Å². The predicted molar refractivity (Wildman–Crippen MR) is 132 cm³/mol. The lowest BCUT2D eigenvalue weighted by molar-refractivity contribution is -0.0580. The first-order chi connectivity index (χ1) is 17.2. The normalized spacial score (nSPS) is 12.6. The molecular formula is C24H17ClF3N7O. The molecule has 0 atom stereocenters. The van der Waals surface area contributed by atoms with Crippen LogP contribution in [0.2, 0.25) is 5.02 Å². The Morgan fingerprint density at radius 1 is 1.19 bits per heavy atom. The zero-order valence-corrected chi connectivity index (χ0v) is 19.1. The van der Waals surface area contributed by atoms with Crippen LogP contribution >= 0.6 is 11.6 Å². The van der Waals surface area contributed by atoms with Crippen molar-refractivity contribution in [3.05, 3.63) is 95.8 Å². The van der Waals surface area contributed by atoms with Crippen molar-refractivity contribution in [2.24, 2.45) is 10.7 Å². The van der Waals surface area contributed by atoms with Crippen LogP contribution in [0, 0.1) is 0 Å². The number of hydrogen-bond donors (Lipinski definition) is 2. The van der Waals surface area contributed by atoms with Gasteiger partial charge >= 0.3 is 6.18 Å². The summed E-state index contributed by atoms with van der Waals surface area (Å²) in [7, 11) is 0. The minimum Gasteiger partial charge on any atom is -0.404 e. The number of alkyl halides is 3. The summed E-state index contributed by atoms with van der Waals surface area (Å²) in [5, 5.41) is 7.30. The van der Waals surface area contributed by atoms with E-state index in [0.717, 1.165) is 6.20 Å². The molecular weight excluding hydrogens is 495 g/mol. The fourth-order valence-corrected chi connectivity index (χ4v) is 3.58. The molecule has 1 aromatic carbocycles. The molecule has 0 fully saturated rings. The maximum Gasteiger partial charge on any atom is 0.434 e. The molecule has 0 radical (unpaired) electrons. The van der Waals surface area contributed by atoms with Crippen LogP contribution in [0.15, 0.2) is 90.2 Å². The molecule has 12 heteroatoms. The third-order valence-electron chi connectivity index (χ3n) is 4.94. The zero-order valence-electron chi connectivity index (χ0n) is 18.4. The summed E-state index contributed by atoms with van der Waals surface area (Å²) < 4.78 is 43.6. The molecule has 36 heavy (non-hydrogen) atoms. The number of aldehydes is 1. The molecule has 4 aromatic rings. The van der Waals surface area contributed by atoms with Crippen LogP contribution in [0.25, 0.3) is 16.7 Å². The number of nitrogens with one attached hydrogen (secondary N) is 1. The van der Waals surface area contributed by atoms with Crippen molar-refractivity contribution in [3.8, 4) is 5.82 Å². The number of pyridine rings is 2. The SMILES string of the molecule is C=C(Nc1cnc(-n2cc(C=O)cn2)c(Cl)c1)C(=CN)C(=Nc1cccc2ncccc12)C(F)(F)F. The van der Waals surface area contributed by atoms with Gasteiger partial charge in [0, 0.05) is 35.3 Å². The van der Waals surface area contributed by atoms with Crippen LogP contribution in [0.4, 0.5) is 24.5 Å².